The van der Waals surface area contributed by atoms with Gasteiger partial charge in [0.15, 0.2) is 0 Å². The third kappa shape index (κ3) is 4.20. The number of rotatable bonds is 3. The summed E-state index contributed by atoms with van der Waals surface area (Å²) in [7, 11) is 0. The van der Waals surface area contributed by atoms with E-state index >= 15 is 0 Å². The molecule has 0 N–H and O–H groups in total. The van der Waals surface area contributed by atoms with E-state index in [0.717, 1.165) is 0 Å². The highest BCUT2D eigenvalue weighted by atomic mass is 15.0. The molecule has 0 amide bonds. The zero-order chi connectivity index (χ0) is 38.0. The number of nitrogens with zero attached hydrogens (tertiary/aromatic N) is 1. The van der Waals surface area contributed by atoms with Gasteiger partial charge in [-0.2, -0.15) is 0 Å². The van der Waals surface area contributed by atoms with Crippen LogP contribution in [0.2, 0.25) is 0 Å². The summed E-state index contributed by atoms with van der Waals surface area (Å²) >= 11 is 0. The van der Waals surface area contributed by atoms with Crippen LogP contribution in [0.5, 0.6) is 0 Å². The van der Waals surface area contributed by atoms with Gasteiger partial charge in [-0.25, -0.2) is 0 Å². The lowest BCUT2D eigenvalue weighted by Gasteiger charge is -2.31. The van der Waals surface area contributed by atoms with E-state index in [9.17, 15) is 0 Å². The molecule has 13 rings (SSSR count). The first-order chi connectivity index (χ1) is 28.8. The van der Waals surface area contributed by atoms with Gasteiger partial charge in [0, 0.05) is 16.5 Å². The number of fused-ring (bicyclic) bond motifs is 16. The summed E-state index contributed by atoms with van der Waals surface area (Å²) in [5, 5.41) is 7.61. The van der Waals surface area contributed by atoms with Crippen LogP contribution >= 0.6 is 0 Å². The quantitative estimate of drug-likeness (QED) is 0.170. The Balaban J connectivity index is 0.919. The van der Waals surface area contributed by atoms with Gasteiger partial charge in [0.2, 0.25) is 0 Å². The molecule has 10 aromatic carbocycles. The average Bonchev–Trinajstić information content (AvgIpc) is 3.90. The second-order valence-corrected chi connectivity index (χ2v) is 16.0. The first-order valence-electron chi connectivity index (χ1n) is 20.3. The maximum absolute atomic E-state index is 2.40. The van der Waals surface area contributed by atoms with Gasteiger partial charge in [-0.1, -0.05) is 170 Å². The number of hydrogen-bond donors (Lipinski definition) is 0. The summed E-state index contributed by atoms with van der Waals surface area (Å²) in [5.74, 6) is 0. The third-order valence-electron chi connectivity index (χ3n) is 13.2. The lowest BCUT2D eigenvalue weighted by molar-refractivity contribution is 0.801. The van der Waals surface area contributed by atoms with E-state index in [-0.39, 0.29) is 5.41 Å². The Kier molecular flexibility index (Phi) is 6.43. The van der Waals surface area contributed by atoms with Crippen molar-refractivity contribution < 1.29 is 0 Å². The number of aromatic nitrogens is 1. The molecule has 0 radical (unpaired) electrons. The van der Waals surface area contributed by atoms with E-state index in [1.54, 1.807) is 0 Å². The third-order valence-corrected chi connectivity index (χ3v) is 13.2. The normalized spacial score (nSPS) is 13.3. The van der Waals surface area contributed by atoms with Gasteiger partial charge in [0.1, 0.15) is 0 Å². The number of hydrogen-bond acceptors (Lipinski definition) is 0. The van der Waals surface area contributed by atoms with E-state index in [0.29, 0.717) is 0 Å². The molecule has 2 aliphatic rings. The summed E-state index contributed by atoms with van der Waals surface area (Å²) in [4.78, 5) is 0. The molecule has 0 saturated heterocycles. The Hall–Kier alpha value is -7.48. The summed E-state index contributed by atoms with van der Waals surface area (Å²) in [6.07, 6.45) is 0. The fourth-order valence-electron chi connectivity index (χ4n) is 10.7. The Morgan fingerprint density at radius 3 is 1.41 bits per heavy atom. The molecular formula is C57H35N. The van der Waals surface area contributed by atoms with Crippen molar-refractivity contribution in [1.29, 1.82) is 0 Å². The van der Waals surface area contributed by atoms with Gasteiger partial charge in [0.05, 0.1) is 16.4 Å². The maximum atomic E-state index is 2.40. The highest BCUT2D eigenvalue weighted by Gasteiger charge is 2.52. The van der Waals surface area contributed by atoms with E-state index in [1.807, 2.05) is 0 Å². The van der Waals surface area contributed by atoms with Crippen molar-refractivity contribution in [3.8, 4) is 50.2 Å². The minimum atomic E-state index is -0.358. The Morgan fingerprint density at radius 1 is 0.293 bits per heavy atom. The summed E-state index contributed by atoms with van der Waals surface area (Å²) in [5.41, 5.74) is 19.1. The summed E-state index contributed by atoms with van der Waals surface area (Å²) in [6, 6.07) is 79.2. The van der Waals surface area contributed by atoms with E-state index < -0.39 is 0 Å². The van der Waals surface area contributed by atoms with Crippen LogP contribution in [0.15, 0.2) is 212 Å². The first kappa shape index (κ1) is 31.7. The van der Waals surface area contributed by atoms with Crippen LogP contribution in [0.1, 0.15) is 22.3 Å². The second kappa shape index (κ2) is 11.8. The van der Waals surface area contributed by atoms with Gasteiger partial charge < -0.3 is 4.57 Å². The molecule has 1 heterocycles. The predicted molar refractivity (Wildman–Crippen MR) is 243 cm³/mol. The zero-order valence-electron chi connectivity index (χ0n) is 31.7. The van der Waals surface area contributed by atoms with E-state index in [1.165, 1.54) is 116 Å². The Morgan fingerprint density at radius 2 is 0.759 bits per heavy atom. The van der Waals surface area contributed by atoms with Crippen LogP contribution in [0.25, 0.3) is 93.5 Å². The topological polar surface area (TPSA) is 4.93 Å². The zero-order valence-corrected chi connectivity index (χ0v) is 31.7. The van der Waals surface area contributed by atoms with Crippen LogP contribution in [0, 0.1) is 0 Å². The molecule has 11 aromatic rings. The minimum absolute atomic E-state index is 0.358. The lowest BCUT2D eigenvalue weighted by atomic mass is 9.69. The molecule has 0 fully saturated rings. The van der Waals surface area contributed by atoms with Crippen LogP contribution in [-0.2, 0) is 5.41 Å². The predicted octanol–water partition coefficient (Wildman–Crippen LogP) is 14.8. The van der Waals surface area contributed by atoms with Crippen LogP contribution in [0.4, 0.5) is 0 Å². The van der Waals surface area contributed by atoms with Crippen molar-refractivity contribution in [2.75, 3.05) is 0 Å². The molecule has 1 heteroatoms. The molecule has 0 bridgehead atoms. The standard InChI is InChI=1S/C57H35N/c1-2-12-43(13-3-1)58-54-21-11-7-17-48(54)49-30-27-41(35-55(49)58)39-25-24-36-32-38(23-22-37(36)33-39)40-26-29-44-42(34-40)28-31-50-47-16-6-10-20-53(47)57(56(44)50)51-18-8-4-14-45(51)46-15-5-9-19-52(46)57/h1-35H. The molecule has 1 aromatic heterocycles. The fourth-order valence-corrected chi connectivity index (χ4v) is 10.7. The van der Waals surface area contributed by atoms with Gasteiger partial charge in [-0.3, -0.25) is 0 Å². The van der Waals surface area contributed by atoms with E-state index in [4.69, 9.17) is 0 Å². The highest BCUT2D eigenvalue weighted by Crippen LogP contribution is 2.64. The molecule has 0 saturated carbocycles. The number of benzene rings is 10. The second-order valence-electron chi connectivity index (χ2n) is 16.0. The molecule has 1 nitrogen and oxygen atoms in total. The summed E-state index contributed by atoms with van der Waals surface area (Å²) < 4.78 is 2.39. The van der Waals surface area contributed by atoms with Crippen molar-refractivity contribution in [3.05, 3.63) is 235 Å². The van der Waals surface area contributed by atoms with Crippen molar-refractivity contribution in [2.45, 2.75) is 5.41 Å². The van der Waals surface area contributed by atoms with Gasteiger partial charge in [-0.15, -0.1) is 0 Å². The van der Waals surface area contributed by atoms with Gasteiger partial charge in [-0.05, 0) is 131 Å². The maximum Gasteiger partial charge on any atom is 0.0731 e. The molecule has 2 aliphatic carbocycles. The van der Waals surface area contributed by atoms with Gasteiger partial charge in [0.25, 0.3) is 0 Å². The largest absolute Gasteiger partial charge is 0.309 e. The van der Waals surface area contributed by atoms with Crippen LogP contribution in [0.3, 0.4) is 0 Å². The summed E-state index contributed by atoms with van der Waals surface area (Å²) in [6.45, 7) is 0. The van der Waals surface area contributed by atoms with Crippen molar-refractivity contribution in [3.63, 3.8) is 0 Å². The van der Waals surface area contributed by atoms with Crippen LogP contribution < -0.4 is 0 Å². The molecule has 0 unspecified atom stereocenters. The van der Waals surface area contributed by atoms with Crippen LogP contribution in [-0.4, -0.2) is 4.57 Å². The van der Waals surface area contributed by atoms with Crippen molar-refractivity contribution in [2.24, 2.45) is 0 Å². The van der Waals surface area contributed by atoms with Crippen molar-refractivity contribution >= 4 is 43.4 Å². The molecule has 58 heavy (non-hydrogen) atoms. The Labute approximate surface area is 336 Å². The van der Waals surface area contributed by atoms with Crippen molar-refractivity contribution in [1.82, 2.24) is 4.57 Å². The molecule has 0 aliphatic heterocycles. The highest BCUT2D eigenvalue weighted by molar-refractivity contribution is 6.10. The molecular weight excluding hydrogens is 699 g/mol. The molecule has 0 atom stereocenters. The Bertz CT molecular complexity index is 3450. The lowest BCUT2D eigenvalue weighted by Crippen LogP contribution is -2.26. The smallest absolute Gasteiger partial charge is 0.0731 e. The molecule has 1 spiro atoms. The first-order valence-corrected chi connectivity index (χ1v) is 20.3. The fraction of sp³-hybridized carbons (Fsp3) is 0.0175. The minimum Gasteiger partial charge on any atom is -0.309 e. The molecule has 268 valence electrons. The van der Waals surface area contributed by atoms with Gasteiger partial charge >= 0.3 is 0 Å². The monoisotopic (exact) mass is 733 g/mol. The van der Waals surface area contributed by atoms with E-state index in [2.05, 4.69) is 217 Å². The number of para-hydroxylation sites is 2. The SMILES string of the molecule is c1ccc(-n2c3ccccc3c3ccc(-c4ccc5cc(-c6ccc7c8c(ccc7c6)-c6ccccc6C86c7ccccc7-c7ccccc76)ccc5c4)cc32)cc1. The average molecular weight is 734 g/mol.